The van der Waals surface area contributed by atoms with Gasteiger partial charge >= 0.3 is 0 Å². The third kappa shape index (κ3) is 2.50. The van der Waals surface area contributed by atoms with Gasteiger partial charge in [-0.3, -0.25) is 0 Å². The van der Waals surface area contributed by atoms with E-state index in [0.29, 0.717) is 13.1 Å². The molecule has 17 heavy (non-hydrogen) atoms. The van der Waals surface area contributed by atoms with Crippen LogP contribution in [-0.2, 0) is 10.0 Å². The Balaban J connectivity index is 2.24. The minimum Gasteiger partial charge on any atom is -0.315 e. The third-order valence-corrected chi connectivity index (χ3v) is 6.38. The maximum atomic E-state index is 12.6. The molecule has 0 bridgehead atoms. The molecule has 0 aliphatic carbocycles. The predicted molar refractivity (Wildman–Crippen MR) is 68.5 cm³/mol. The Morgan fingerprint density at radius 2 is 2.00 bits per heavy atom. The Hall–Kier alpha value is -0.170. The van der Waals surface area contributed by atoms with Crippen molar-refractivity contribution in [2.24, 2.45) is 0 Å². The predicted octanol–water partition coefficient (Wildman–Crippen LogP) is -0.248. The second-order valence-electron chi connectivity index (χ2n) is 5.55. The van der Waals surface area contributed by atoms with E-state index in [1.54, 1.807) is 4.31 Å². The van der Waals surface area contributed by atoms with Crippen LogP contribution >= 0.6 is 0 Å². The van der Waals surface area contributed by atoms with Gasteiger partial charge in [-0.2, -0.15) is 4.31 Å². The molecule has 2 heterocycles. The van der Waals surface area contributed by atoms with Crippen LogP contribution < -0.4 is 10.6 Å². The van der Waals surface area contributed by atoms with Crippen molar-refractivity contribution >= 4 is 10.0 Å². The van der Waals surface area contributed by atoms with Crippen molar-refractivity contribution in [3.05, 3.63) is 0 Å². The fourth-order valence-corrected chi connectivity index (χ4v) is 4.39. The molecular formula is C11H23N3O2S. The number of sulfonamides is 1. The maximum Gasteiger partial charge on any atom is 0.220 e. The molecule has 0 spiro atoms. The van der Waals surface area contributed by atoms with Gasteiger partial charge in [-0.1, -0.05) is 0 Å². The molecule has 0 aromatic carbocycles. The van der Waals surface area contributed by atoms with Gasteiger partial charge in [0.1, 0.15) is 0 Å². The summed E-state index contributed by atoms with van der Waals surface area (Å²) in [4.78, 5) is 0. The van der Waals surface area contributed by atoms with Crippen molar-refractivity contribution in [1.29, 1.82) is 0 Å². The van der Waals surface area contributed by atoms with Crippen molar-refractivity contribution in [2.75, 3.05) is 32.7 Å². The first-order valence-corrected chi connectivity index (χ1v) is 7.82. The quantitative estimate of drug-likeness (QED) is 0.683. The Morgan fingerprint density at radius 3 is 2.65 bits per heavy atom. The molecule has 2 rings (SSSR count). The Morgan fingerprint density at radius 1 is 1.24 bits per heavy atom. The zero-order valence-electron chi connectivity index (χ0n) is 10.7. The van der Waals surface area contributed by atoms with Crippen LogP contribution in [0, 0.1) is 0 Å². The fraction of sp³-hybridized carbons (Fsp3) is 1.00. The van der Waals surface area contributed by atoms with Gasteiger partial charge in [-0.25, -0.2) is 8.42 Å². The highest BCUT2D eigenvalue weighted by atomic mass is 32.2. The number of rotatable bonds is 1. The van der Waals surface area contributed by atoms with E-state index < -0.39 is 14.8 Å². The molecule has 6 heteroatoms. The Bertz CT molecular complexity index is 361. The lowest BCUT2D eigenvalue weighted by atomic mass is 10.1. The van der Waals surface area contributed by atoms with E-state index in [1.165, 1.54) is 0 Å². The molecule has 0 saturated carbocycles. The van der Waals surface area contributed by atoms with Crippen LogP contribution in [0.15, 0.2) is 0 Å². The van der Waals surface area contributed by atoms with Crippen molar-refractivity contribution < 1.29 is 8.42 Å². The highest BCUT2D eigenvalue weighted by Crippen LogP contribution is 2.26. The molecule has 1 unspecified atom stereocenters. The van der Waals surface area contributed by atoms with E-state index >= 15 is 0 Å². The largest absolute Gasteiger partial charge is 0.315 e. The summed E-state index contributed by atoms with van der Waals surface area (Å²) in [6, 6.07) is 0.132. The standard InChI is InChI=1S/C11H23N3O2S/c1-11(2)9-13-6-7-14(17(11,15)16)10-4-3-5-12-8-10/h10,12-13H,3-9H2,1-2H3. The van der Waals surface area contributed by atoms with Crippen LogP contribution in [0.3, 0.4) is 0 Å². The summed E-state index contributed by atoms with van der Waals surface area (Å²) in [5, 5.41) is 6.51. The molecule has 0 amide bonds. The van der Waals surface area contributed by atoms with E-state index in [1.807, 2.05) is 13.8 Å². The molecule has 2 N–H and O–H groups in total. The summed E-state index contributed by atoms with van der Waals surface area (Å²) in [5.41, 5.74) is 0. The zero-order chi connectivity index (χ0) is 12.5. The molecule has 5 nitrogen and oxygen atoms in total. The number of hydrogen-bond donors (Lipinski definition) is 2. The molecular weight excluding hydrogens is 238 g/mol. The van der Waals surface area contributed by atoms with Crippen LogP contribution in [0.2, 0.25) is 0 Å². The van der Waals surface area contributed by atoms with Gasteiger partial charge in [0.2, 0.25) is 10.0 Å². The van der Waals surface area contributed by atoms with Crippen molar-refractivity contribution in [2.45, 2.75) is 37.5 Å². The van der Waals surface area contributed by atoms with Crippen LogP contribution in [0.4, 0.5) is 0 Å². The van der Waals surface area contributed by atoms with Crippen LogP contribution in [0.5, 0.6) is 0 Å². The fourth-order valence-electron chi connectivity index (χ4n) is 2.57. The topological polar surface area (TPSA) is 61.4 Å². The molecule has 2 aliphatic rings. The summed E-state index contributed by atoms with van der Waals surface area (Å²) in [7, 11) is -3.21. The first kappa shape index (κ1) is 13.3. The lowest BCUT2D eigenvalue weighted by Crippen LogP contribution is -2.54. The van der Waals surface area contributed by atoms with E-state index in [9.17, 15) is 8.42 Å². The summed E-state index contributed by atoms with van der Waals surface area (Å²) in [5.74, 6) is 0. The van der Waals surface area contributed by atoms with E-state index in [4.69, 9.17) is 0 Å². The van der Waals surface area contributed by atoms with Gasteiger partial charge in [0.15, 0.2) is 0 Å². The van der Waals surface area contributed by atoms with Crippen LogP contribution in [0.1, 0.15) is 26.7 Å². The molecule has 1 atom stereocenters. The van der Waals surface area contributed by atoms with Crippen molar-refractivity contribution in [1.82, 2.24) is 14.9 Å². The van der Waals surface area contributed by atoms with Gasteiger partial charge in [-0.15, -0.1) is 0 Å². The summed E-state index contributed by atoms with van der Waals surface area (Å²) in [6.07, 6.45) is 2.03. The second kappa shape index (κ2) is 4.84. The summed E-state index contributed by atoms with van der Waals surface area (Å²) >= 11 is 0. The molecule has 2 fully saturated rings. The molecule has 0 radical (unpaired) electrons. The zero-order valence-corrected chi connectivity index (χ0v) is 11.5. The van der Waals surface area contributed by atoms with E-state index in [0.717, 1.165) is 32.5 Å². The number of nitrogens with zero attached hydrogens (tertiary/aromatic N) is 1. The number of hydrogen-bond acceptors (Lipinski definition) is 4. The first-order valence-electron chi connectivity index (χ1n) is 6.38. The van der Waals surface area contributed by atoms with Crippen LogP contribution in [-0.4, -0.2) is 56.2 Å². The second-order valence-corrected chi connectivity index (χ2v) is 8.08. The average molecular weight is 261 g/mol. The molecule has 2 saturated heterocycles. The molecule has 0 aromatic heterocycles. The molecule has 0 aromatic rings. The van der Waals surface area contributed by atoms with Gasteiger partial charge in [0.25, 0.3) is 0 Å². The summed E-state index contributed by atoms with van der Waals surface area (Å²) in [6.45, 7) is 7.29. The summed E-state index contributed by atoms with van der Waals surface area (Å²) < 4.78 is 26.2. The normalized spacial score (nSPS) is 34.1. The van der Waals surface area contributed by atoms with Gasteiger partial charge in [0.05, 0.1) is 4.75 Å². The minimum absolute atomic E-state index is 0.132. The monoisotopic (exact) mass is 261 g/mol. The minimum atomic E-state index is -3.21. The van der Waals surface area contributed by atoms with Gasteiger partial charge in [0, 0.05) is 32.2 Å². The SMILES string of the molecule is CC1(C)CNCCN(C2CCCNC2)S1(=O)=O. The first-order chi connectivity index (χ1) is 7.95. The highest BCUT2D eigenvalue weighted by Gasteiger charge is 2.43. The van der Waals surface area contributed by atoms with Gasteiger partial charge < -0.3 is 10.6 Å². The lowest BCUT2D eigenvalue weighted by Gasteiger charge is -2.36. The number of piperidine rings is 1. The third-order valence-electron chi connectivity index (χ3n) is 3.74. The Kier molecular flexibility index (Phi) is 3.77. The smallest absolute Gasteiger partial charge is 0.220 e. The van der Waals surface area contributed by atoms with Crippen molar-refractivity contribution in [3.63, 3.8) is 0 Å². The van der Waals surface area contributed by atoms with Gasteiger partial charge in [-0.05, 0) is 33.2 Å². The lowest BCUT2D eigenvalue weighted by molar-refractivity contribution is 0.268. The van der Waals surface area contributed by atoms with Crippen LogP contribution in [0.25, 0.3) is 0 Å². The Labute approximate surface area is 104 Å². The maximum absolute atomic E-state index is 12.6. The molecule has 2 aliphatic heterocycles. The van der Waals surface area contributed by atoms with Crippen molar-refractivity contribution in [3.8, 4) is 0 Å². The van der Waals surface area contributed by atoms with E-state index in [-0.39, 0.29) is 6.04 Å². The highest BCUT2D eigenvalue weighted by molar-refractivity contribution is 7.90. The molecule has 100 valence electrons. The van der Waals surface area contributed by atoms with E-state index in [2.05, 4.69) is 10.6 Å². The number of nitrogens with one attached hydrogen (secondary N) is 2. The average Bonchev–Trinajstić information content (AvgIpc) is 2.38.